The summed E-state index contributed by atoms with van der Waals surface area (Å²) in [5.41, 5.74) is -0.296. The SMILES string of the molecule is Cc1ccc(C(=O)CCC(=O)CCC(=O)Nc2cc(Br)c[nH]c2=O)s1. The fraction of sp³-hybridized carbons (Fsp3) is 0.294. The Bertz CT molecular complexity index is 856. The Morgan fingerprint density at radius 3 is 2.56 bits per heavy atom. The molecule has 132 valence electrons. The van der Waals surface area contributed by atoms with Crippen LogP contribution in [-0.4, -0.2) is 22.5 Å². The lowest BCUT2D eigenvalue weighted by atomic mass is 10.1. The van der Waals surface area contributed by atoms with Gasteiger partial charge in [-0.1, -0.05) is 0 Å². The van der Waals surface area contributed by atoms with Crippen LogP contribution in [0.3, 0.4) is 0 Å². The van der Waals surface area contributed by atoms with Gasteiger partial charge in [-0.15, -0.1) is 11.3 Å². The molecule has 0 unspecified atom stereocenters. The summed E-state index contributed by atoms with van der Waals surface area (Å²) in [6, 6.07) is 5.11. The first-order valence-corrected chi connectivity index (χ1v) is 9.25. The molecule has 2 aromatic rings. The van der Waals surface area contributed by atoms with Crippen LogP contribution in [0.2, 0.25) is 0 Å². The van der Waals surface area contributed by atoms with Crippen molar-refractivity contribution in [2.24, 2.45) is 0 Å². The molecule has 0 bridgehead atoms. The molecule has 0 fully saturated rings. The lowest BCUT2D eigenvalue weighted by Gasteiger charge is -2.04. The molecule has 8 heteroatoms. The number of aromatic amines is 1. The monoisotopic (exact) mass is 424 g/mol. The summed E-state index contributed by atoms with van der Waals surface area (Å²) in [6.07, 6.45) is 1.73. The molecule has 0 spiro atoms. The minimum Gasteiger partial charge on any atom is -0.326 e. The Morgan fingerprint density at radius 2 is 1.88 bits per heavy atom. The van der Waals surface area contributed by atoms with Gasteiger partial charge in [0.15, 0.2) is 5.78 Å². The topological polar surface area (TPSA) is 96.1 Å². The van der Waals surface area contributed by atoms with Crippen molar-refractivity contribution in [3.63, 3.8) is 0 Å². The number of nitrogens with one attached hydrogen (secondary N) is 2. The van der Waals surface area contributed by atoms with Crippen LogP contribution < -0.4 is 10.9 Å². The van der Waals surface area contributed by atoms with Crippen molar-refractivity contribution in [2.45, 2.75) is 32.6 Å². The van der Waals surface area contributed by atoms with Gasteiger partial charge in [-0.05, 0) is 41.1 Å². The number of aromatic nitrogens is 1. The van der Waals surface area contributed by atoms with E-state index in [4.69, 9.17) is 0 Å². The highest BCUT2D eigenvalue weighted by Gasteiger charge is 2.13. The van der Waals surface area contributed by atoms with Crippen molar-refractivity contribution in [1.29, 1.82) is 0 Å². The van der Waals surface area contributed by atoms with E-state index >= 15 is 0 Å². The third kappa shape index (κ3) is 6.06. The van der Waals surface area contributed by atoms with Gasteiger partial charge < -0.3 is 10.3 Å². The number of thiophene rings is 1. The molecule has 0 atom stereocenters. The van der Waals surface area contributed by atoms with Crippen LogP contribution in [0, 0.1) is 6.92 Å². The lowest BCUT2D eigenvalue weighted by molar-refractivity contribution is -0.122. The maximum Gasteiger partial charge on any atom is 0.271 e. The number of carbonyl (C=O) groups excluding carboxylic acids is 3. The molecule has 2 aromatic heterocycles. The van der Waals surface area contributed by atoms with Gasteiger partial charge in [-0.2, -0.15) is 0 Å². The largest absolute Gasteiger partial charge is 0.326 e. The first-order valence-electron chi connectivity index (χ1n) is 7.64. The fourth-order valence-corrected chi connectivity index (χ4v) is 3.28. The van der Waals surface area contributed by atoms with Crippen molar-refractivity contribution in [1.82, 2.24) is 4.98 Å². The van der Waals surface area contributed by atoms with E-state index in [0.29, 0.717) is 9.35 Å². The van der Waals surface area contributed by atoms with Crippen molar-refractivity contribution >= 4 is 50.4 Å². The number of hydrogen-bond donors (Lipinski definition) is 2. The number of ketones is 2. The summed E-state index contributed by atoms with van der Waals surface area (Å²) >= 11 is 4.60. The summed E-state index contributed by atoms with van der Waals surface area (Å²) < 4.78 is 0.626. The third-order valence-electron chi connectivity index (χ3n) is 3.42. The number of H-pyrrole nitrogens is 1. The number of aryl methyl sites for hydroxylation is 1. The van der Waals surface area contributed by atoms with Crippen LogP contribution >= 0.6 is 27.3 Å². The number of carbonyl (C=O) groups is 3. The molecule has 0 aliphatic rings. The second-order valence-corrected chi connectivity index (χ2v) is 7.68. The number of Topliss-reactive ketones (excluding diaryl/α,β-unsaturated/α-hetero) is 2. The predicted octanol–water partition coefficient (Wildman–Crippen LogP) is 3.46. The van der Waals surface area contributed by atoms with Gasteiger partial charge in [-0.3, -0.25) is 19.2 Å². The van der Waals surface area contributed by atoms with E-state index < -0.39 is 11.5 Å². The summed E-state index contributed by atoms with van der Waals surface area (Å²) in [7, 11) is 0. The smallest absolute Gasteiger partial charge is 0.271 e. The standard InChI is InChI=1S/C17H17BrN2O4S/c1-10-2-6-15(25-10)14(22)5-3-12(21)4-7-16(23)20-13-8-11(18)9-19-17(13)24/h2,6,8-9H,3-5,7H2,1H3,(H,19,24)(H,20,23). The molecule has 0 aliphatic heterocycles. The van der Waals surface area contributed by atoms with Gasteiger partial charge in [0, 0.05) is 41.2 Å². The zero-order valence-electron chi connectivity index (χ0n) is 13.6. The molecule has 0 aliphatic carbocycles. The van der Waals surface area contributed by atoms with Crippen molar-refractivity contribution in [2.75, 3.05) is 5.32 Å². The van der Waals surface area contributed by atoms with Crippen LogP contribution in [-0.2, 0) is 9.59 Å². The van der Waals surface area contributed by atoms with E-state index in [1.54, 1.807) is 6.07 Å². The summed E-state index contributed by atoms with van der Waals surface area (Å²) in [5, 5.41) is 2.47. The van der Waals surface area contributed by atoms with E-state index in [0.717, 1.165) is 4.88 Å². The summed E-state index contributed by atoms with van der Waals surface area (Å²) in [6.45, 7) is 1.92. The summed E-state index contributed by atoms with van der Waals surface area (Å²) in [4.78, 5) is 51.4. The first kappa shape index (κ1) is 19.3. The normalized spacial score (nSPS) is 10.5. The quantitative estimate of drug-likeness (QED) is 0.634. The lowest BCUT2D eigenvalue weighted by Crippen LogP contribution is -2.20. The molecule has 2 heterocycles. The number of halogens is 1. The molecular formula is C17H17BrN2O4S. The Labute approximate surface area is 156 Å². The number of hydrogen-bond acceptors (Lipinski definition) is 5. The number of rotatable bonds is 8. The van der Waals surface area contributed by atoms with Gasteiger partial charge >= 0.3 is 0 Å². The Kier molecular flexibility index (Phi) is 6.83. The Morgan fingerprint density at radius 1 is 1.16 bits per heavy atom. The molecule has 1 amide bonds. The molecular weight excluding hydrogens is 408 g/mol. The van der Waals surface area contributed by atoms with Gasteiger partial charge in [0.2, 0.25) is 5.91 Å². The second-order valence-electron chi connectivity index (χ2n) is 5.48. The molecule has 2 N–H and O–H groups in total. The molecule has 0 radical (unpaired) electrons. The number of amides is 1. The Hall–Kier alpha value is -2.06. The first-order chi connectivity index (χ1) is 11.8. The molecule has 0 saturated heterocycles. The van der Waals surface area contributed by atoms with E-state index in [1.807, 2.05) is 13.0 Å². The van der Waals surface area contributed by atoms with E-state index in [-0.39, 0.29) is 42.9 Å². The molecule has 2 rings (SSSR count). The average Bonchev–Trinajstić information content (AvgIpc) is 3.00. The van der Waals surface area contributed by atoms with E-state index in [2.05, 4.69) is 26.2 Å². The summed E-state index contributed by atoms with van der Waals surface area (Å²) in [5.74, 6) is -0.631. The van der Waals surface area contributed by atoms with Crippen LogP contribution in [0.15, 0.2) is 33.7 Å². The molecule has 0 saturated carbocycles. The number of pyridine rings is 1. The molecule has 0 aromatic carbocycles. The van der Waals surface area contributed by atoms with Crippen LogP contribution in [0.25, 0.3) is 0 Å². The second kappa shape index (κ2) is 8.87. The maximum atomic E-state index is 11.9. The maximum absolute atomic E-state index is 11.9. The zero-order chi connectivity index (χ0) is 18.4. The van der Waals surface area contributed by atoms with E-state index in [9.17, 15) is 19.2 Å². The van der Waals surface area contributed by atoms with Gasteiger partial charge in [0.25, 0.3) is 5.56 Å². The van der Waals surface area contributed by atoms with Gasteiger partial charge in [0.05, 0.1) is 4.88 Å². The van der Waals surface area contributed by atoms with Crippen LogP contribution in [0.5, 0.6) is 0 Å². The van der Waals surface area contributed by atoms with E-state index in [1.165, 1.54) is 23.6 Å². The average molecular weight is 425 g/mol. The Balaban J connectivity index is 1.75. The van der Waals surface area contributed by atoms with Crippen LogP contribution in [0.4, 0.5) is 5.69 Å². The predicted molar refractivity (Wildman–Crippen MR) is 100 cm³/mol. The third-order valence-corrected chi connectivity index (χ3v) is 4.92. The van der Waals surface area contributed by atoms with Gasteiger partial charge in [0.1, 0.15) is 11.5 Å². The van der Waals surface area contributed by atoms with Crippen LogP contribution in [0.1, 0.15) is 40.2 Å². The molecule has 25 heavy (non-hydrogen) atoms. The van der Waals surface area contributed by atoms with Crippen molar-refractivity contribution < 1.29 is 14.4 Å². The minimum absolute atomic E-state index is 0.0307. The number of anilines is 1. The minimum atomic E-state index is -0.419. The fourth-order valence-electron chi connectivity index (χ4n) is 2.10. The molecule has 6 nitrogen and oxygen atoms in total. The highest BCUT2D eigenvalue weighted by Crippen LogP contribution is 2.18. The highest BCUT2D eigenvalue weighted by molar-refractivity contribution is 9.10. The van der Waals surface area contributed by atoms with Crippen molar-refractivity contribution in [3.8, 4) is 0 Å². The zero-order valence-corrected chi connectivity index (χ0v) is 16.0. The highest BCUT2D eigenvalue weighted by atomic mass is 79.9. The van der Waals surface area contributed by atoms with Gasteiger partial charge in [-0.25, -0.2) is 0 Å². The van der Waals surface area contributed by atoms with Crippen molar-refractivity contribution in [3.05, 3.63) is 49.0 Å².